The molecule has 2 heteroatoms. The highest BCUT2D eigenvalue weighted by Gasteiger charge is 1.99. The normalized spacial score (nSPS) is 11.2. The second kappa shape index (κ2) is 20.3. The Labute approximate surface area is 151 Å². The minimum Gasteiger partial charge on any atom is -0.466 e. The summed E-state index contributed by atoms with van der Waals surface area (Å²) in [5.74, 6) is -0.0404. The summed E-state index contributed by atoms with van der Waals surface area (Å²) >= 11 is 0. The van der Waals surface area contributed by atoms with Crippen LogP contribution in [-0.4, -0.2) is 12.6 Å². The van der Waals surface area contributed by atoms with Crippen molar-refractivity contribution in [1.29, 1.82) is 0 Å². The molecule has 0 N–H and O–H groups in total. The van der Waals surface area contributed by atoms with Gasteiger partial charge in [-0.2, -0.15) is 0 Å². The number of carbonyl (C=O) groups excluding carboxylic acids is 1. The first-order valence-electron chi connectivity index (χ1n) is 10.6. The molecule has 0 saturated heterocycles. The molecule has 0 unspecified atom stereocenters. The minimum absolute atomic E-state index is 0.0404. The van der Waals surface area contributed by atoms with Crippen molar-refractivity contribution < 1.29 is 9.53 Å². The molecule has 0 bridgehead atoms. The highest BCUT2D eigenvalue weighted by atomic mass is 16.5. The fourth-order valence-corrected chi connectivity index (χ4v) is 2.81. The zero-order valence-corrected chi connectivity index (χ0v) is 16.5. The fourth-order valence-electron chi connectivity index (χ4n) is 2.81. The lowest BCUT2D eigenvalue weighted by Crippen LogP contribution is -2.04. The van der Waals surface area contributed by atoms with E-state index < -0.39 is 0 Å². The topological polar surface area (TPSA) is 26.3 Å². The van der Waals surface area contributed by atoms with Gasteiger partial charge in [-0.25, -0.2) is 0 Å². The molecule has 0 fully saturated rings. The molecule has 0 aromatic rings. The highest BCUT2D eigenvalue weighted by molar-refractivity contribution is 5.69. The second-order valence-corrected chi connectivity index (χ2v) is 6.91. The number of hydrogen-bond donors (Lipinski definition) is 0. The van der Waals surface area contributed by atoms with Crippen molar-refractivity contribution >= 4 is 5.97 Å². The van der Waals surface area contributed by atoms with Gasteiger partial charge in [0.05, 0.1) is 6.61 Å². The Bertz CT molecular complexity index is 284. The van der Waals surface area contributed by atoms with Gasteiger partial charge in [-0.3, -0.25) is 4.79 Å². The number of rotatable bonds is 18. The smallest absolute Gasteiger partial charge is 0.305 e. The van der Waals surface area contributed by atoms with Crippen LogP contribution in [0.2, 0.25) is 0 Å². The van der Waals surface area contributed by atoms with E-state index in [0.29, 0.717) is 13.0 Å². The molecule has 0 aromatic carbocycles. The molecule has 0 aliphatic heterocycles. The Morgan fingerprint density at radius 2 is 1.17 bits per heavy atom. The van der Waals surface area contributed by atoms with Crippen LogP contribution >= 0.6 is 0 Å². The van der Waals surface area contributed by atoms with E-state index in [0.717, 1.165) is 12.8 Å². The van der Waals surface area contributed by atoms with Crippen LogP contribution in [0.4, 0.5) is 0 Å². The number of hydrogen-bond acceptors (Lipinski definition) is 2. The zero-order chi connectivity index (χ0) is 17.7. The van der Waals surface area contributed by atoms with Crippen LogP contribution in [0.3, 0.4) is 0 Å². The van der Waals surface area contributed by atoms with Crippen LogP contribution in [-0.2, 0) is 9.53 Å². The number of ether oxygens (including phenoxy) is 1. The van der Waals surface area contributed by atoms with Gasteiger partial charge in [-0.15, -0.1) is 0 Å². The average molecular weight is 339 g/mol. The molecule has 0 atom stereocenters. The molecule has 24 heavy (non-hydrogen) atoms. The lowest BCUT2D eigenvalue weighted by atomic mass is 10.1. The first-order valence-corrected chi connectivity index (χ1v) is 10.6. The number of allylic oxidation sites excluding steroid dienone is 2. The molecular formula is C22H42O2. The van der Waals surface area contributed by atoms with Crippen LogP contribution in [0.25, 0.3) is 0 Å². The quantitative estimate of drug-likeness (QED) is 0.148. The van der Waals surface area contributed by atoms with Gasteiger partial charge in [0.25, 0.3) is 0 Å². The van der Waals surface area contributed by atoms with Crippen LogP contribution in [0.5, 0.6) is 0 Å². The van der Waals surface area contributed by atoms with E-state index in [4.69, 9.17) is 4.74 Å². The summed E-state index contributed by atoms with van der Waals surface area (Å²) in [6.07, 6.45) is 24.5. The van der Waals surface area contributed by atoms with Crippen LogP contribution in [0, 0.1) is 0 Å². The average Bonchev–Trinajstić information content (AvgIpc) is 2.58. The largest absolute Gasteiger partial charge is 0.466 e. The third-order valence-corrected chi connectivity index (χ3v) is 4.37. The second-order valence-electron chi connectivity index (χ2n) is 6.91. The molecule has 0 saturated carbocycles. The molecule has 2 nitrogen and oxygen atoms in total. The summed E-state index contributed by atoms with van der Waals surface area (Å²) in [6.45, 7) is 4.88. The molecule has 0 aliphatic carbocycles. The Kier molecular flexibility index (Phi) is 19.6. The van der Waals surface area contributed by atoms with Crippen molar-refractivity contribution in [3.8, 4) is 0 Å². The summed E-state index contributed by atoms with van der Waals surface area (Å²) in [5.41, 5.74) is 0. The Balaban J connectivity index is 3.12. The lowest BCUT2D eigenvalue weighted by Gasteiger charge is -2.03. The van der Waals surface area contributed by atoms with Gasteiger partial charge < -0.3 is 4.74 Å². The van der Waals surface area contributed by atoms with Crippen LogP contribution in [0.15, 0.2) is 12.2 Å². The summed E-state index contributed by atoms with van der Waals surface area (Å²) < 4.78 is 5.15. The summed E-state index contributed by atoms with van der Waals surface area (Å²) in [6, 6.07) is 0. The van der Waals surface area contributed by atoms with Gasteiger partial charge in [0.2, 0.25) is 0 Å². The molecule has 0 heterocycles. The van der Waals surface area contributed by atoms with Crippen molar-refractivity contribution in [3.05, 3.63) is 12.2 Å². The summed E-state index contributed by atoms with van der Waals surface area (Å²) in [5, 5.41) is 0. The predicted molar refractivity (Wildman–Crippen MR) is 105 cm³/mol. The Hall–Kier alpha value is -0.790. The van der Waals surface area contributed by atoms with E-state index in [2.05, 4.69) is 19.1 Å². The van der Waals surface area contributed by atoms with Crippen molar-refractivity contribution in [2.24, 2.45) is 0 Å². The molecule has 142 valence electrons. The lowest BCUT2D eigenvalue weighted by molar-refractivity contribution is -0.143. The van der Waals surface area contributed by atoms with E-state index in [1.165, 1.54) is 83.5 Å². The van der Waals surface area contributed by atoms with Gasteiger partial charge in [0.15, 0.2) is 0 Å². The monoisotopic (exact) mass is 338 g/mol. The standard InChI is InChI=1S/C22H42O2/c1-3-5-6-7-8-9-10-11-12-13-14-15-16-17-18-19-21-24-22(23)20-4-2/h13-14H,3-12,15-21H2,1-2H3. The van der Waals surface area contributed by atoms with E-state index in [1.54, 1.807) is 0 Å². The molecule has 0 aromatic heterocycles. The van der Waals surface area contributed by atoms with E-state index in [9.17, 15) is 4.79 Å². The minimum atomic E-state index is -0.0404. The molecule has 0 amide bonds. The number of esters is 1. The van der Waals surface area contributed by atoms with Crippen LogP contribution < -0.4 is 0 Å². The van der Waals surface area contributed by atoms with Crippen LogP contribution in [0.1, 0.15) is 117 Å². The van der Waals surface area contributed by atoms with Gasteiger partial charge in [0.1, 0.15) is 0 Å². The van der Waals surface area contributed by atoms with Crippen molar-refractivity contribution in [2.75, 3.05) is 6.61 Å². The maximum Gasteiger partial charge on any atom is 0.305 e. The Morgan fingerprint density at radius 3 is 1.71 bits per heavy atom. The molecule has 0 spiro atoms. The van der Waals surface area contributed by atoms with Gasteiger partial charge in [-0.1, -0.05) is 83.8 Å². The first-order chi connectivity index (χ1) is 11.8. The maximum absolute atomic E-state index is 11.2. The fraction of sp³-hybridized carbons (Fsp3) is 0.864. The molecule has 0 rings (SSSR count). The number of carbonyl (C=O) groups is 1. The van der Waals surface area contributed by atoms with Crippen molar-refractivity contribution in [3.63, 3.8) is 0 Å². The van der Waals surface area contributed by atoms with Gasteiger partial charge in [0, 0.05) is 6.42 Å². The van der Waals surface area contributed by atoms with E-state index in [1.807, 2.05) is 6.92 Å². The van der Waals surface area contributed by atoms with Gasteiger partial charge in [-0.05, 0) is 38.5 Å². The molecule has 0 radical (unpaired) electrons. The molecular weight excluding hydrogens is 296 g/mol. The van der Waals surface area contributed by atoms with E-state index in [-0.39, 0.29) is 5.97 Å². The SMILES string of the molecule is CCCCCCCCCCC=CCCCCCCOC(=O)CCC. The third kappa shape index (κ3) is 19.3. The van der Waals surface area contributed by atoms with Crippen molar-refractivity contribution in [1.82, 2.24) is 0 Å². The maximum atomic E-state index is 11.2. The first kappa shape index (κ1) is 23.2. The summed E-state index contributed by atoms with van der Waals surface area (Å²) in [4.78, 5) is 11.2. The van der Waals surface area contributed by atoms with Crippen molar-refractivity contribution in [2.45, 2.75) is 117 Å². The number of unbranched alkanes of at least 4 members (excludes halogenated alkanes) is 12. The van der Waals surface area contributed by atoms with E-state index >= 15 is 0 Å². The Morgan fingerprint density at radius 1 is 0.667 bits per heavy atom. The zero-order valence-electron chi connectivity index (χ0n) is 16.5. The third-order valence-electron chi connectivity index (χ3n) is 4.37. The summed E-state index contributed by atoms with van der Waals surface area (Å²) in [7, 11) is 0. The highest BCUT2D eigenvalue weighted by Crippen LogP contribution is 2.10. The predicted octanol–water partition coefficient (Wildman–Crippen LogP) is 7.37. The van der Waals surface area contributed by atoms with Gasteiger partial charge >= 0.3 is 5.97 Å². The molecule has 0 aliphatic rings.